The van der Waals surface area contributed by atoms with Gasteiger partial charge in [-0.25, -0.2) is 18.5 Å². The molecule has 0 aliphatic carbocycles. The molecule has 1 amide bonds. The molecule has 3 aromatic heterocycles. The van der Waals surface area contributed by atoms with Gasteiger partial charge in [0.25, 0.3) is 0 Å². The summed E-state index contributed by atoms with van der Waals surface area (Å²) in [6, 6.07) is 22.3. The van der Waals surface area contributed by atoms with Crippen LogP contribution in [0.2, 0.25) is 0 Å². The molecule has 3 heterocycles. The molecule has 0 atom stereocenters. The van der Waals surface area contributed by atoms with Crippen molar-refractivity contribution in [2.75, 3.05) is 45.6 Å². The summed E-state index contributed by atoms with van der Waals surface area (Å²) >= 11 is 0. The molecular formula is C33H32F3N5O7S. The molecular weight excluding hydrogens is 667 g/mol. The number of aromatic nitrogens is 3. The molecule has 0 bridgehead atoms. The second kappa shape index (κ2) is 13.2. The van der Waals surface area contributed by atoms with Gasteiger partial charge < -0.3 is 28.6 Å². The number of alkyl halides is 3. The first-order valence-electron chi connectivity index (χ1n) is 14.5. The number of nitrogens with one attached hydrogen (secondary N) is 2. The summed E-state index contributed by atoms with van der Waals surface area (Å²) in [6.45, 7) is 0. The molecule has 6 rings (SSSR count). The van der Waals surface area contributed by atoms with Crippen molar-refractivity contribution in [1.82, 2.24) is 9.50 Å². The molecule has 3 aromatic carbocycles. The van der Waals surface area contributed by atoms with Crippen molar-refractivity contribution >= 4 is 60.9 Å². The Morgan fingerprint density at radius 1 is 0.959 bits per heavy atom. The minimum absolute atomic E-state index is 0.279. The summed E-state index contributed by atoms with van der Waals surface area (Å²) in [6.07, 6.45) is 2.19. The van der Waals surface area contributed by atoms with Crippen LogP contribution in [0.25, 0.3) is 33.4 Å². The standard InChI is InChI=1S/C32H31N5O4.CHF3O3S/c1-35(2)21-13-11-19(12-14-21)15-23-22-9-7-8-10-25(22)37-26(23)18-28(36(37)3)34-32(38)24-16-20-17-27(39-4)30(40-5)31(41-6)29(20)33-24;2-1(3,4)8(5,6)7/h7-18H,1-6H3,(H,33,38);(H,5,6,7)/b23-15-;. The van der Waals surface area contributed by atoms with Crippen LogP contribution in [0.5, 0.6) is 17.2 Å². The topological polar surface area (TPSA) is 141 Å². The largest absolute Gasteiger partial charge is 0.741 e. The smallest absolute Gasteiger partial charge is 0.485 e. The number of carbonyl (C=O) groups excluding carboxylic acids is 1. The van der Waals surface area contributed by atoms with Crippen molar-refractivity contribution in [3.8, 4) is 17.2 Å². The second-order valence-electron chi connectivity index (χ2n) is 11.0. The zero-order valence-corrected chi connectivity index (χ0v) is 28.0. The summed E-state index contributed by atoms with van der Waals surface area (Å²) in [7, 11) is 4.58. The minimum atomic E-state index is -6.09. The number of aromatic amines is 1. The molecule has 16 heteroatoms. The van der Waals surface area contributed by atoms with Gasteiger partial charge in [0.1, 0.15) is 12.7 Å². The highest BCUT2D eigenvalue weighted by atomic mass is 32.2. The van der Waals surface area contributed by atoms with E-state index in [0.29, 0.717) is 34.3 Å². The van der Waals surface area contributed by atoms with E-state index in [1.807, 2.05) is 50.1 Å². The molecule has 0 spiro atoms. The zero-order valence-electron chi connectivity index (χ0n) is 27.2. The Morgan fingerprint density at radius 2 is 1.59 bits per heavy atom. The van der Waals surface area contributed by atoms with Crippen molar-refractivity contribution < 1.29 is 49.8 Å². The van der Waals surface area contributed by atoms with Gasteiger partial charge in [-0.05, 0) is 42.0 Å². The van der Waals surface area contributed by atoms with E-state index in [1.54, 1.807) is 27.4 Å². The van der Waals surface area contributed by atoms with E-state index in [1.165, 1.54) is 0 Å². The monoisotopic (exact) mass is 699 g/mol. The van der Waals surface area contributed by atoms with E-state index in [-0.39, 0.29) is 5.91 Å². The van der Waals surface area contributed by atoms with Gasteiger partial charge >= 0.3 is 17.2 Å². The molecule has 258 valence electrons. The Labute approximate surface area is 278 Å². The fraction of sp³-hybridized carbons (Fsp3) is 0.212. The Bertz CT molecular complexity index is 2350. The number of fused-ring (bicyclic) bond motifs is 4. The van der Waals surface area contributed by atoms with E-state index in [4.69, 9.17) is 27.2 Å². The van der Waals surface area contributed by atoms with Crippen LogP contribution in [0.3, 0.4) is 0 Å². The molecule has 0 saturated carbocycles. The molecule has 0 unspecified atom stereocenters. The third-order valence-electron chi connectivity index (χ3n) is 7.76. The lowest BCUT2D eigenvalue weighted by atomic mass is 10.1. The average molecular weight is 700 g/mol. The number of nitrogens with zero attached hydrogens (tertiary/aromatic N) is 3. The van der Waals surface area contributed by atoms with Gasteiger partial charge in [-0.2, -0.15) is 22.4 Å². The van der Waals surface area contributed by atoms with Gasteiger partial charge in [0, 0.05) is 35.8 Å². The van der Waals surface area contributed by atoms with E-state index < -0.39 is 15.6 Å². The van der Waals surface area contributed by atoms with Crippen LogP contribution in [0.15, 0.2) is 66.7 Å². The number of carbonyl (C=O) groups is 1. The average Bonchev–Trinajstić information content (AvgIpc) is 3.71. The van der Waals surface area contributed by atoms with Crippen molar-refractivity contribution in [2.24, 2.45) is 7.05 Å². The van der Waals surface area contributed by atoms with E-state index in [2.05, 4.69) is 62.2 Å². The van der Waals surface area contributed by atoms with Crippen molar-refractivity contribution in [3.63, 3.8) is 0 Å². The van der Waals surface area contributed by atoms with E-state index in [9.17, 15) is 18.0 Å². The normalized spacial score (nSPS) is 12.2. The number of para-hydroxylation sites is 1. The molecule has 0 radical (unpaired) electrons. The minimum Gasteiger partial charge on any atom is -0.741 e. The molecule has 49 heavy (non-hydrogen) atoms. The van der Waals surface area contributed by atoms with E-state index >= 15 is 0 Å². The third-order valence-corrected chi connectivity index (χ3v) is 8.33. The van der Waals surface area contributed by atoms with Gasteiger partial charge in [-0.1, -0.05) is 30.3 Å². The van der Waals surface area contributed by atoms with Crippen LogP contribution >= 0.6 is 0 Å². The van der Waals surface area contributed by atoms with Crippen LogP contribution in [0, 0.1) is 0 Å². The summed E-state index contributed by atoms with van der Waals surface area (Å²) < 4.78 is 79.5. The number of hydrogen-bond donors (Lipinski definition) is 2. The first kappa shape index (κ1) is 34.8. The Morgan fingerprint density at radius 3 is 2.16 bits per heavy atom. The van der Waals surface area contributed by atoms with Crippen LogP contribution < -0.4 is 34.3 Å². The number of anilines is 2. The predicted octanol–water partition coefficient (Wildman–Crippen LogP) is 4.34. The fourth-order valence-corrected chi connectivity index (χ4v) is 5.41. The summed E-state index contributed by atoms with van der Waals surface area (Å²) in [4.78, 5) is 18.8. The number of ether oxygens (including phenoxy) is 3. The maximum atomic E-state index is 13.5. The van der Waals surface area contributed by atoms with Crippen molar-refractivity contribution in [2.45, 2.75) is 5.51 Å². The highest BCUT2D eigenvalue weighted by molar-refractivity contribution is 7.86. The van der Waals surface area contributed by atoms with Gasteiger partial charge in [-0.15, -0.1) is 0 Å². The molecule has 0 saturated heterocycles. The lowest BCUT2D eigenvalue weighted by Gasteiger charge is -2.12. The highest BCUT2D eigenvalue weighted by Gasteiger charge is 2.37. The Kier molecular flexibility index (Phi) is 9.39. The number of rotatable bonds is 7. The highest BCUT2D eigenvalue weighted by Crippen LogP contribution is 2.43. The van der Waals surface area contributed by atoms with Gasteiger partial charge in [-0.3, -0.25) is 0 Å². The first-order valence-corrected chi connectivity index (χ1v) is 15.9. The third kappa shape index (κ3) is 6.64. The number of methoxy groups -OCH3 is 3. The van der Waals surface area contributed by atoms with Crippen LogP contribution in [0.1, 0.15) is 16.1 Å². The van der Waals surface area contributed by atoms with Crippen molar-refractivity contribution in [1.29, 1.82) is 0 Å². The maximum Gasteiger partial charge on any atom is 0.485 e. The predicted molar refractivity (Wildman–Crippen MR) is 177 cm³/mol. The number of halogens is 3. The van der Waals surface area contributed by atoms with Crippen LogP contribution in [0.4, 0.5) is 24.7 Å². The van der Waals surface area contributed by atoms with E-state index in [0.717, 1.165) is 38.3 Å². The van der Waals surface area contributed by atoms with Crippen LogP contribution in [-0.4, -0.2) is 69.3 Å². The zero-order chi connectivity index (χ0) is 35.8. The number of benzene rings is 3. The summed E-state index contributed by atoms with van der Waals surface area (Å²) in [5, 5.41) is 6.08. The Balaban J connectivity index is 0.000000523. The lowest BCUT2D eigenvalue weighted by Crippen LogP contribution is -2.38. The van der Waals surface area contributed by atoms with Gasteiger partial charge in [0.2, 0.25) is 5.75 Å². The van der Waals surface area contributed by atoms with Gasteiger partial charge in [0.15, 0.2) is 21.6 Å². The second-order valence-corrected chi connectivity index (χ2v) is 12.3. The number of H-pyrrole nitrogens is 1. The fourth-order valence-electron chi connectivity index (χ4n) is 5.41. The Hall–Kier alpha value is -5.48. The molecule has 0 fully saturated rings. The quantitative estimate of drug-likeness (QED) is 0.143. The maximum absolute atomic E-state index is 13.5. The first-order chi connectivity index (χ1) is 23.1. The molecule has 0 aliphatic rings. The molecule has 2 N–H and O–H groups in total. The number of hydrogen-bond acceptors (Lipinski definition) is 8. The molecule has 0 aliphatic heterocycles. The summed E-state index contributed by atoms with van der Waals surface area (Å²) in [5.41, 5.74) is -0.320. The number of amides is 1. The SMILES string of the molecule is COc1cc2cc(C(=O)Nc3cc4/c(=C\c5ccc(N(C)C)cc5)c5ccccc5n4[n+]3C)[nH]c2c(OC)c1OC.O=S(=O)([O-])C(F)(F)F. The van der Waals surface area contributed by atoms with Crippen molar-refractivity contribution in [3.05, 3.63) is 83.2 Å². The lowest BCUT2D eigenvalue weighted by molar-refractivity contribution is -0.721. The molecule has 12 nitrogen and oxygen atoms in total. The molecule has 6 aromatic rings. The summed E-state index contributed by atoms with van der Waals surface area (Å²) in [5.74, 6) is 1.83. The number of aryl methyl sites for hydroxylation is 1. The van der Waals surface area contributed by atoms with Crippen LogP contribution in [-0.2, 0) is 17.2 Å². The van der Waals surface area contributed by atoms with Gasteiger partial charge in [0.05, 0.1) is 43.9 Å².